The number of hydrogen-bond donors (Lipinski definition) is 1. The Morgan fingerprint density at radius 2 is 1.86 bits per heavy atom. The van der Waals surface area contributed by atoms with Crippen molar-refractivity contribution in [3.8, 4) is 5.75 Å². The van der Waals surface area contributed by atoms with Crippen molar-refractivity contribution in [2.24, 2.45) is 0 Å². The normalized spacial score (nSPS) is 17.2. The average molecular weight is 344 g/mol. The van der Waals surface area contributed by atoms with Crippen LogP contribution in [0, 0.1) is 0 Å². The van der Waals surface area contributed by atoms with Crippen LogP contribution in [0.5, 0.6) is 5.75 Å². The molecule has 0 N–H and O–H groups in total. The van der Waals surface area contributed by atoms with E-state index in [0.717, 1.165) is 0 Å². The number of para-hydroxylation sites is 1. The third-order valence-corrected chi connectivity index (χ3v) is 7.29. The van der Waals surface area contributed by atoms with Gasteiger partial charge in [0, 0.05) is 0 Å². The number of ether oxygens (including phenoxy) is 1. The summed E-state index contributed by atoms with van der Waals surface area (Å²) in [6.07, 6.45) is 1.37. The minimum absolute atomic E-state index is 0.0675. The molecule has 0 atom stereocenters. The van der Waals surface area contributed by atoms with Crippen LogP contribution >= 0.6 is 0 Å². The van der Waals surface area contributed by atoms with Crippen molar-refractivity contribution in [1.29, 1.82) is 0 Å². The number of hydrogen-bond acceptors (Lipinski definition) is 5. The maximum absolute atomic E-state index is 12.8. The van der Waals surface area contributed by atoms with E-state index in [1.165, 1.54) is 25.3 Å². The number of benzene rings is 1. The van der Waals surface area contributed by atoms with Gasteiger partial charge in [-0.2, -0.15) is 4.79 Å². The smallest absolute Gasteiger partial charge is 0.406 e. The zero-order chi connectivity index (χ0) is 16.4. The Morgan fingerprint density at radius 3 is 2.36 bits per heavy atom. The number of rotatable bonds is 4. The van der Waals surface area contributed by atoms with Crippen LogP contribution in [0.15, 0.2) is 29.2 Å². The highest BCUT2D eigenvalue weighted by Crippen LogP contribution is 2.38. The van der Waals surface area contributed by atoms with Crippen molar-refractivity contribution in [2.45, 2.75) is 35.3 Å². The first-order valence-electron chi connectivity index (χ1n) is 6.65. The van der Waals surface area contributed by atoms with E-state index in [9.17, 15) is 22.4 Å². The van der Waals surface area contributed by atoms with Crippen LogP contribution in [0.25, 0.3) is 5.53 Å². The van der Waals surface area contributed by atoms with Crippen molar-refractivity contribution in [1.82, 2.24) is 0 Å². The molecule has 0 aliphatic heterocycles. The minimum Gasteiger partial charge on any atom is -0.495 e. The first kappa shape index (κ1) is 16.7. The van der Waals surface area contributed by atoms with Crippen molar-refractivity contribution in [3.05, 3.63) is 29.8 Å². The molecule has 1 fully saturated rings. The van der Waals surface area contributed by atoms with Gasteiger partial charge in [0.25, 0.3) is 9.84 Å². The molecule has 7 nitrogen and oxygen atoms in total. The first-order valence-corrected chi connectivity index (χ1v) is 9.31. The number of sulfone groups is 1. The molecule has 0 bridgehead atoms. The molecule has 1 aliphatic carbocycles. The van der Waals surface area contributed by atoms with Gasteiger partial charge in [-0.1, -0.05) is 25.0 Å². The average Bonchev–Trinajstić information content (AvgIpc) is 2.98. The van der Waals surface area contributed by atoms with Crippen LogP contribution in [0.1, 0.15) is 25.7 Å². The molecule has 0 unspecified atom stereocenters. The maximum atomic E-state index is 12.8. The second kappa shape index (κ2) is 6.20. The lowest BCUT2D eigenvalue weighted by Gasteiger charge is -2.17. The third kappa shape index (κ3) is 2.55. The molecular weight excluding hydrogens is 328 g/mol. The number of thiol groups is 1. The highest BCUT2D eigenvalue weighted by molar-refractivity contribution is 8.07. The second-order valence-corrected chi connectivity index (χ2v) is 8.26. The quantitative estimate of drug-likeness (QED) is 0.288. The summed E-state index contributed by atoms with van der Waals surface area (Å²) >= 11 is 0. The highest BCUT2D eigenvalue weighted by atomic mass is 32.2. The summed E-state index contributed by atoms with van der Waals surface area (Å²) in [6.45, 7) is 0. The number of methoxy groups -OCH3 is 1. The second-order valence-electron chi connectivity index (χ2n) is 5.06. The lowest BCUT2D eigenvalue weighted by molar-refractivity contribution is -0.00602. The van der Waals surface area contributed by atoms with Crippen LogP contribution in [-0.4, -0.2) is 38.5 Å². The van der Waals surface area contributed by atoms with Gasteiger partial charge in [-0.05, 0) is 25.0 Å². The summed E-state index contributed by atoms with van der Waals surface area (Å²) < 4.78 is 52.4. The fourth-order valence-electron chi connectivity index (χ4n) is 2.78. The maximum Gasteiger partial charge on any atom is 0.406 e. The SMILES string of the molecule is COc1ccccc1S(=O)(=O)C(=[N+]=[N-])C1([SH](=O)=O)CCCC1. The fourth-order valence-corrected chi connectivity index (χ4v) is 5.94. The topological polar surface area (TPSA) is 114 Å². The predicted octanol–water partition coefficient (Wildman–Crippen LogP) is 1.02. The summed E-state index contributed by atoms with van der Waals surface area (Å²) in [6, 6.07) is 5.82. The Balaban J connectivity index is 2.68. The highest BCUT2D eigenvalue weighted by Gasteiger charge is 2.56. The Hall–Kier alpha value is -1.70. The van der Waals surface area contributed by atoms with E-state index in [1.807, 2.05) is 0 Å². The van der Waals surface area contributed by atoms with Gasteiger partial charge in [-0.15, -0.1) is 0 Å². The van der Waals surface area contributed by atoms with Crippen LogP contribution in [0.2, 0.25) is 0 Å². The Bertz CT molecular complexity index is 793. The standard InChI is InChI=1S/C13H16N2O5S2/c1-20-10-6-2-3-7-11(10)22(18,19)12(15-14)13(21(16)17)8-4-5-9-13/h2-3,6-7,21H,4-5,8-9H2,1H3. The fraction of sp³-hybridized carbons (Fsp3) is 0.462. The van der Waals surface area contributed by atoms with Crippen LogP contribution in [0.4, 0.5) is 0 Å². The molecule has 1 saturated carbocycles. The molecule has 22 heavy (non-hydrogen) atoms. The molecule has 1 aliphatic rings. The monoisotopic (exact) mass is 344 g/mol. The van der Waals surface area contributed by atoms with Gasteiger partial charge < -0.3 is 10.3 Å². The van der Waals surface area contributed by atoms with Gasteiger partial charge in [-0.25, -0.2) is 16.8 Å². The molecule has 0 amide bonds. The Morgan fingerprint density at radius 1 is 1.27 bits per heavy atom. The summed E-state index contributed by atoms with van der Waals surface area (Å²) in [4.78, 5) is 2.66. The van der Waals surface area contributed by atoms with Gasteiger partial charge in [0.1, 0.15) is 10.6 Å². The molecule has 1 aromatic rings. The molecule has 0 heterocycles. The minimum atomic E-state index is -4.29. The van der Waals surface area contributed by atoms with Crippen molar-refractivity contribution >= 4 is 25.6 Å². The van der Waals surface area contributed by atoms with E-state index in [1.54, 1.807) is 6.07 Å². The van der Waals surface area contributed by atoms with Gasteiger partial charge >= 0.3 is 5.04 Å². The van der Waals surface area contributed by atoms with Gasteiger partial charge in [0.15, 0.2) is 15.5 Å². The van der Waals surface area contributed by atoms with E-state index < -0.39 is 30.3 Å². The molecule has 1 aromatic carbocycles. The van der Waals surface area contributed by atoms with Gasteiger partial charge in [0.05, 0.1) is 7.11 Å². The summed E-state index contributed by atoms with van der Waals surface area (Å²) in [5.41, 5.74) is 9.26. The lowest BCUT2D eigenvalue weighted by Crippen LogP contribution is -2.43. The molecular formula is C13H16N2O5S2. The molecule has 0 saturated heterocycles. The predicted molar refractivity (Wildman–Crippen MR) is 80.3 cm³/mol. The molecule has 0 radical (unpaired) electrons. The van der Waals surface area contributed by atoms with Crippen LogP contribution in [-0.2, 0) is 20.5 Å². The van der Waals surface area contributed by atoms with E-state index in [-0.39, 0.29) is 23.5 Å². The molecule has 2 rings (SSSR count). The Labute approximate surface area is 130 Å². The van der Waals surface area contributed by atoms with Crippen molar-refractivity contribution in [2.75, 3.05) is 7.11 Å². The molecule has 0 aromatic heterocycles. The van der Waals surface area contributed by atoms with Crippen molar-refractivity contribution in [3.63, 3.8) is 0 Å². The number of nitrogens with zero attached hydrogens (tertiary/aromatic N) is 2. The first-order chi connectivity index (χ1) is 10.4. The van der Waals surface area contributed by atoms with Crippen molar-refractivity contribution < 1.29 is 26.4 Å². The van der Waals surface area contributed by atoms with E-state index in [4.69, 9.17) is 4.74 Å². The molecule has 9 heteroatoms. The van der Waals surface area contributed by atoms with Gasteiger partial charge in [0.2, 0.25) is 0 Å². The largest absolute Gasteiger partial charge is 0.495 e. The van der Waals surface area contributed by atoms with Crippen LogP contribution in [0.3, 0.4) is 0 Å². The Kier molecular flexibility index (Phi) is 4.69. The molecule has 120 valence electrons. The third-order valence-electron chi connectivity index (χ3n) is 3.88. The lowest BCUT2D eigenvalue weighted by atomic mass is 10.1. The van der Waals surface area contributed by atoms with E-state index in [2.05, 4.69) is 4.79 Å². The zero-order valence-electron chi connectivity index (χ0n) is 11.9. The van der Waals surface area contributed by atoms with E-state index in [0.29, 0.717) is 12.8 Å². The summed E-state index contributed by atoms with van der Waals surface area (Å²) in [5, 5.41) is -0.724. The van der Waals surface area contributed by atoms with E-state index >= 15 is 0 Å². The molecule has 0 spiro atoms. The zero-order valence-corrected chi connectivity index (χ0v) is 13.6. The van der Waals surface area contributed by atoms with Gasteiger partial charge in [-0.3, -0.25) is 0 Å². The van der Waals surface area contributed by atoms with Crippen LogP contribution < -0.4 is 4.74 Å². The summed E-state index contributed by atoms with van der Waals surface area (Å²) in [5.74, 6) is 0.0675. The summed E-state index contributed by atoms with van der Waals surface area (Å²) in [7, 11) is -6.09.